The molecule has 37 heavy (non-hydrogen) atoms. The van der Waals surface area contributed by atoms with Gasteiger partial charge in [-0.15, -0.1) is 0 Å². The number of hydrogen-bond acceptors (Lipinski definition) is 8. The van der Waals surface area contributed by atoms with Crippen molar-refractivity contribution in [3.63, 3.8) is 0 Å². The molecular weight excluding hydrogens is 494 g/mol. The third kappa shape index (κ3) is 5.43. The lowest BCUT2D eigenvalue weighted by Gasteiger charge is -2.34. The highest BCUT2D eigenvalue weighted by atomic mass is 35.5. The molecule has 0 spiro atoms. The maximum atomic E-state index is 12.7. The normalized spacial score (nSPS) is 16.1. The van der Waals surface area contributed by atoms with Gasteiger partial charge in [0.1, 0.15) is 29.2 Å². The molecule has 1 aliphatic heterocycles. The Morgan fingerprint density at radius 1 is 1.11 bits per heavy atom. The van der Waals surface area contributed by atoms with Crippen LogP contribution in [-0.2, 0) is 4.74 Å². The predicted octanol–water partition coefficient (Wildman–Crippen LogP) is 5.49. The third-order valence-electron chi connectivity index (χ3n) is 5.96. The van der Waals surface area contributed by atoms with Gasteiger partial charge in [0.15, 0.2) is 5.65 Å². The number of halogens is 1. The number of carbonyl (C=O) groups is 1. The van der Waals surface area contributed by atoms with Crippen molar-refractivity contribution in [2.24, 2.45) is 0 Å². The quantitative estimate of drug-likeness (QED) is 0.374. The van der Waals surface area contributed by atoms with E-state index in [-0.39, 0.29) is 12.1 Å². The van der Waals surface area contributed by atoms with Crippen LogP contribution >= 0.6 is 11.6 Å². The fourth-order valence-corrected chi connectivity index (χ4v) is 4.43. The lowest BCUT2D eigenvalue weighted by molar-refractivity contribution is 0.0169. The Balaban J connectivity index is 1.44. The van der Waals surface area contributed by atoms with E-state index in [0.717, 1.165) is 18.4 Å². The summed E-state index contributed by atoms with van der Waals surface area (Å²) in [7, 11) is 0. The first kappa shape index (κ1) is 24.8. The zero-order chi connectivity index (χ0) is 26.2. The fraction of sp³-hybridized carbons (Fsp3) is 0.346. The van der Waals surface area contributed by atoms with Crippen molar-refractivity contribution >= 4 is 34.5 Å². The predicted molar refractivity (Wildman–Crippen MR) is 141 cm³/mol. The lowest BCUT2D eigenvalue weighted by atomic mass is 10.1. The minimum Gasteiger partial charge on any atom is -0.444 e. The number of nitrogens with zero attached hydrogens (tertiary/aromatic N) is 6. The number of rotatable bonds is 4. The van der Waals surface area contributed by atoms with Crippen molar-refractivity contribution in [2.75, 3.05) is 18.8 Å². The minimum absolute atomic E-state index is 0.0783. The van der Waals surface area contributed by atoms with Crippen LogP contribution < -0.4 is 10.5 Å². The molecule has 1 atom stereocenters. The van der Waals surface area contributed by atoms with Crippen LogP contribution in [0.4, 0.5) is 10.6 Å². The number of benzene rings is 1. The Morgan fingerprint density at radius 2 is 1.89 bits per heavy atom. The van der Waals surface area contributed by atoms with Gasteiger partial charge in [-0.25, -0.2) is 24.4 Å². The number of hydrogen-bond donors (Lipinski definition) is 1. The summed E-state index contributed by atoms with van der Waals surface area (Å²) in [4.78, 5) is 27.3. The average Bonchev–Trinajstić information content (AvgIpc) is 3.26. The molecule has 0 aliphatic carbocycles. The first-order valence-electron chi connectivity index (χ1n) is 12.0. The Morgan fingerprint density at radius 3 is 2.59 bits per heavy atom. The standard InChI is InChI=1S/C26H28ClN7O3/c1-26(2,3)37-25(35)33-12-4-5-18(14-33)34-24-21(23(28)30-15-31-24)22(32-34)16-6-9-19(10-7-16)36-20-11-8-17(27)13-29-20/h6-11,13,15,18H,4-5,12,14H2,1-3H3,(H2,28,30,31)/t18-/m1/s1. The molecule has 1 fully saturated rings. The molecule has 10 nitrogen and oxygen atoms in total. The number of anilines is 1. The van der Waals surface area contributed by atoms with Gasteiger partial charge >= 0.3 is 6.09 Å². The molecule has 0 bridgehead atoms. The number of amides is 1. The monoisotopic (exact) mass is 521 g/mol. The second-order valence-electron chi connectivity index (χ2n) is 9.91. The van der Waals surface area contributed by atoms with Gasteiger partial charge in [0, 0.05) is 30.9 Å². The molecule has 4 heterocycles. The lowest BCUT2D eigenvalue weighted by Crippen LogP contribution is -2.43. The number of pyridine rings is 1. The summed E-state index contributed by atoms with van der Waals surface area (Å²) >= 11 is 5.90. The Hall–Kier alpha value is -3.92. The Bertz CT molecular complexity index is 1420. The number of fused-ring (bicyclic) bond motifs is 1. The molecule has 0 saturated carbocycles. The summed E-state index contributed by atoms with van der Waals surface area (Å²) in [5.74, 6) is 1.40. The largest absolute Gasteiger partial charge is 0.444 e. The number of nitrogen functional groups attached to an aromatic ring is 1. The zero-order valence-corrected chi connectivity index (χ0v) is 21.6. The summed E-state index contributed by atoms with van der Waals surface area (Å²) in [5, 5.41) is 6.13. The maximum absolute atomic E-state index is 12.7. The molecule has 1 saturated heterocycles. The first-order chi connectivity index (χ1) is 17.7. The second-order valence-corrected chi connectivity index (χ2v) is 10.4. The maximum Gasteiger partial charge on any atom is 0.410 e. The van der Waals surface area contributed by atoms with Crippen LogP contribution in [0, 0.1) is 0 Å². The van der Waals surface area contributed by atoms with Crippen LogP contribution in [0.2, 0.25) is 5.02 Å². The zero-order valence-electron chi connectivity index (χ0n) is 20.9. The van der Waals surface area contributed by atoms with Crippen LogP contribution in [0.5, 0.6) is 11.6 Å². The molecule has 1 amide bonds. The number of ether oxygens (including phenoxy) is 2. The highest BCUT2D eigenvalue weighted by molar-refractivity contribution is 6.30. The van der Waals surface area contributed by atoms with E-state index in [1.807, 2.05) is 49.7 Å². The molecular formula is C26H28ClN7O3. The number of carbonyl (C=O) groups excluding carboxylic acids is 1. The van der Waals surface area contributed by atoms with Crippen molar-refractivity contribution in [3.05, 3.63) is 53.9 Å². The number of aromatic nitrogens is 5. The molecule has 192 valence electrons. The topological polar surface area (TPSA) is 121 Å². The van der Waals surface area contributed by atoms with E-state index < -0.39 is 5.60 Å². The van der Waals surface area contributed by atoms with Crippen LogP contribution in [0.25, 0.3) is 22.3 Å². The molecule has 2 N–H and O–H groups in total. The van der Waals surface area contributed by atoms with Crippen molar-refractivity contribution < 1.29 is 14.3 Å². The second kappa shape index (κ2) is 9.85. The molecule has 11 heteroatoms. The summed E-state index contributed by atoms with van der Waals surface area (Å²) in [6.45, 7) is 6.69. The van der Waals surface area contributed by atoms with Gasteiger partial charge < -0.3 is 20.1 Å². The van der Waals surface area contributed by atoms with Gasteiger partial charge in [-0.1, -0.05) is 11.6 Å². The number of nitrogens with two attached hydrogens (primary N) is 1. The SMILES string of the molecule is CC(C)(C)OC(=O)N1CCC[C@@H](n2nc(-c3ccc(Oc4ccc(Cl)cn4)cc3)c3c(N)ncnc32)C1. The van der Waals surface area contributed by atoms with E-state index in [9.17, 15) is 4.79 Å². The molecule has 1 aromatic carbocycles. The van der Waals surface area contributed by atoms with Crippen molar-refractivity contribution in [1.29, 1.82) is 0 Å². The minimum atomic E-state index is -0.559. The summed E-state index contributed by atoms with van der Waals surface area (Å²) < 4.78 is 13.3. The van der Waals surface area contributed by atoms with E-state index in [1.54, 1.807) is 17.0 Å². The Labute approximate surface area is 219 Å². The smallest absolute Gasteiger partial charge is 0.410 e. The van der Waals surface area contributed by atoms with E-state index in [2.05, 4.69) is 15.0 Å². The van der Waals surface area contributed by atoms with Gasteiger partial charge in [-0.3, -0.25) is 0 Å². The van der Waals surface area contributed by atoms with E-state index in [0.29, 0.717) is 52.3 Å². The van der Waals surface area contributed by atoms with Crippen molar-refractivity contribution in [1.82, 2.24) is 29.6 Å². The van der Waals surface area contributed by atoms with E-state index >= 15 is 0 Å². The van der Waals surface area contributed by atoms with Crippen LogP contribution in [0.1, 0.15) is 39.7 Å². The molecule has 3 aromatic heterocycles. The molecule has 5 rings (SSSR count). The fourth-order valence-electron chi connectivity index (χ4n) is 4.32. The van der Waals surface area contributed by atoms with Gasteiger partial charge in [0.05, 0.1) is 16.5 Å². The third-order valence-corrected chi connectivity index (χ3v) is 6.19. The van der Waals surface area contributed by atoms with E-state index in [4.69, 9.17) is 31.9 Å². The van der Waals surface area contributed by atoms with Gasteiger partial charge in [-0.2, -0.15) is 5.10 Å². The summed E-state index contributed by atoms with van der Waals surface area (Å²) in [6, 6.07) is 10.8. The van der Waals surface area contributed by atoms with Crippen molar-refractivity contribution in [2.45, 2.75) is 45.3 Å². The molecule has 4 aromatic rings. The van der Waals surface area contributed by atoms with Crippen LogP contribution in [0.15, 0.2) is 48.9 Å². The van der Waals surface area contributed by atoms with Gasteiger partial charge in [0.2, 0.25) is 5.88 Å². The van der Waals surface area contributed by atoms with Crippen LogP contribution in [-0.4, -0.2) is 54.4 Å². The average molecular weight is 522 g/mol. The number of piperidine rings is 1. The number of likely N-dealkylation sites (tertiary alicyclic amines) is 1. The highest BCUT2D eigenvalue weighted by Gasteiger charge is 2.31. The molecule has 0 radical (unpaired) electrons. The highest BCUT2D eigenvalue weighted by Crippen LogP contribution is 2.35. The molecule has 1 aliphatic rings. The van der Waals surface area contributed by atoms with Gasteiger partial charge in [-0.05, 0) is 63.9 Å². The Kier molecular flexibility index (Phi) is 6.59. The van der Waals surface area contributed by atoms with Gasteiger partial charge in [0.25, 0.3) is 0 Å². The first-order valence-corrected chi connectivity index (χ1v) is 12.4. The van der Waals surface area contributed by atoms with Crippen molar-refractivity contribution in [3.8, 4) is 22.9 Å². The summed E-state index contributed by atoms with van der Waals surface area (Å²) in [6.07, 6.45) is 4.31. The van der Waals surface area contributed by atoms with E-state index in [1.165, 1.54) is 12.5 Å². The molecule has 0 unspecified atom stereocenters. The summed E-state index contributed by atoms with van der Waals surface area (Å²) in [5.41, 5.74) is 7.86. The van der Waals surface area contributed by atoms with Crippen LogP contribution in [0.3, 0.4) is 0 Å².